The molecule has 0 saturated carbocycles. The largest absolute Gasteiger partial charge is 0.252 e. The van der Waals surface area contributed by atoms with Crippen LogP contribution < -0.4 is 0 Å². The number of aromatic nitrogens is 3. The van der Waals surface area contributed by atoms with Gasteiger partial charge in [-0.2, -0.15) is 0 Å². The molecular weight excluding hydrogens is 474 g/mol. The van der Waals surface area contributed by atoms with Gasteiger partial charge in [0.25, 0.3) is 0 Å². The second kappa shape index (κ2) is 14.2. The number of benzene rings is 1. The molecule has 0 atom stereocenters. The lowest BCUT2D eigenvalue weighted by Crippen LogP contribution is -2.02. The highest BCUT2D eigenvalue weighted by molar-refractivity contribution is 6.22. The zero-order valence-electron chi connectivity index (χ0n) is 25.7. The van der Waals surface area contributed by atoms with Crippen molar-refractivity contribution in [3.05, 3.63) is 52.0 Å². The molecule has 0 aliphatic carbocycles. The number of hydrogen-bond acceptors (Lipinski definition) is 3. The summed E-state index contributed by atoms with van der Waals surface area (Å²) >= 11 is 0. The van der Waals surface area contributed by atoms with E-state index in [0.29, 0.717) is 0 Å². The first kappa shape index (κ1) is 29.4. The number of rotatable bonds is 15. The fraction of sp³-hybridized carbons (Fsp3) is 0.583. The Morgan fingerprint density at radius 1 is 0.410 bits per heavy atom. The van der Waals surface area contributed by atoms with E-state index in [1.54, 1.807) is 0 Å². The molecule has 0 aliphatic rings. The van der Waals surface area contributed by atoms with Crippen LogP contribution in [0.25, 0.3) is 32.7 Å². The van der Waals surface area contributed by atoms with Gasteiger partial charge in [0.05, 0.1) is 16.6 Å². The quantitative estimate of drug-likeness (QED) is 0.114. The molecule has 0 aliphatic heterocycles. The Balaban J connectivity index is 1.88. The van der Waals surface area contributed by atoms with E-state index in [-0.39, 0.29) is 0 Å². The molecule has 0 N–H and O–H groups in total. The molecule has 0 bridgehead atoms. The lowest BCUT2D eigenvalue weighted by molar-refractivity contribution is 0.664. The van der Waals surface area contributed by atoms with Gasteiger partial charge in [-0.15, -0.1) is 0 Å². The van der Waals surface area contributed by atoms with Crippen LogP contribution in [0.15, 0.2) is 18.2 Å². The van der Waals surface area contributed by atoms with Crippen molar-refractivity contribution in [2.75, 3.05) is 0 Å². The third-order valence-electron chi connectivity index (χ3n) is 8.62. The Hall–Kier alpha value is -2.55. The molecule has 3 aromatic heterocycles. The topological polar surface area (TPSA) is 38.7 Å². The molecule has 0 amide bonds. The van der Waals surface area contributed by atoms with Crippen LogP contribution in [0.4, 0.5) is 0 Å². The van der Waals surface area contributed by atoms with Crippen molar-refractivity contribution in [3.63, 3.8) is 0 Å². The molecule has 4 aromatic rings. The number of aryl methyl sites for hydroxylation is 6. The van der Waals surface area contributed by atoms with E-state index in [4.69, 9.17) is 15.0 Å². The van der Waals surface area contributed by atoms with Gasteiger partial charge in [-0.3, -0.25) is 15.0 Å². The first-order valence-corrected chi connectivity index (χ1v) is 16.0. The van der Waals surface area contributed by atoms with Crippen molar-refractivity contribution in [2.45, 2.75) is 138 Å². The molecule has 39 heavy (non-hydrogen) atoms. The fourth-order valence-corrected chi connectivity index (χ4v) is 6.08. The summed E-state index contributed by atoms with van der Waals surface area (Å²) in [6.45, 7) is 13.4. The van der Waals surface area contributed by atoms with Crippen LogP contribution in [0.2, 0.25) is 0 Å². The van der Waals surface area contributed by atoms with E-state index in [0.717, 1.165) is 52.9 Å². The van der Waals surface area contributed by atoms with Gasteiger partial charge in [0.2, 0.25) is 0 Å². The van der Waals surface area contributed by atoms with Crippen LogP contribution in [-0.2, 0) is 19.3 Å². The summed E-state index contributed by atoms with van der Waals surface area (Å²) in [5, 5.41) is 3.62. The number of fused-ring (bicyclic) bond motifs is 6. The Labute approximate surface area is 237 Å². The van der Waals surface area contributed by atoms with Crippen molar-refractivity contribution >= 4 is 32.7 Å². The molecule has 4 rings (SSSR count). The van der Waals surface area contributed by atoms with Gasteiger partial charge >= 0.3 is 0 Å². The van der Waals surface area contributed by atoms with E-state index in [2.05, 4.69) is 59.7 Å². The zero-order chi connectivity index (χ0) is 27.8. The van der Waals surface area contributed by atoms with Gasteiger partial charge in [0, 0.05) is 33.2 Å². The fourth-order valence-electron chi connectivity index (χ4n) is 6.08. The lowest BCUT2D eigenvalue weighted by Gasteiger charge is -2.16. The van der Waals surface area contributed by atoms with Crippen molar-refractivity contribution < 1.29 is 0 Å². The monoisotopic (exact) mass is 525 g/mol. The second-order valence-electron chi connectivity index (χ2n) is 11.8. The van der Waals surface area contributed by atoms with E-state index < -0.39 is 0 Å². The molecular formula is C36H51N3. The van der Waals surface area contributed by atoms with Gasteiger partial charge in [0.1, 0.15) is 0 Å². The van der Waals surface area contributed by atoms with E-state index in [1.165, 1.54) is 110 Å². The van der Waals surface area contributed by atoms with Crippen LogP contribution in [0.1, 0.15) is 132 Å². The minimum absolute atomic E-state index is 1.08. The lowest BCUT2D eigenvalue weighted by atomic mass is 9.95. The summed E-state index contributed by atoms with van der Waals surface area (Å²) in [5.41, 5.74) is 10.9. The van der Waals surface area contributed by atoms with Crippen LogP contribution >= 0.6 is 0 Å². The molecule has 3 heteroatoms. The van der Waals surface area contributed by atoms with E-state index >= 15 is 0 Å². The summed E-state index contributed by atoms with van der Waals surface area (Å²) in [7, 11) is 0. The summed E-state index contributed by atoms with van der Waals surface area (Å²) in [6.07, 6.45) is 18.5. The highest BCUT2D eigenvalue weighted by Crippen LogP contribution is 2.36. The maximum atomic E-state index is 5.28. The predicted octanol–water partition coefficient (Wildman–Crippen LogP) is 10.6. The van der Waals surface area contributed by atoms with Crippen molar-refractivity contribution in [3.8, 4) is 0 Å². The summed E-state index contributed by atoms with van der Waals surface area (Å²) in [5.74, 6) is 0. The SMILES string of the molecule is CCCCCCc1cc2c(nc1C)c1cc(CCCCCC)c(C)nc1c1cc(CCCCCC)c(C)nc21. The van der Waals surface area contributed by atoms with E-state index in [1.807, 2.05) is 0 Å². The maximum absolute atomic E-state index is 5.28. The predicted molar refractivity (Wildman–Crippen MR) is 170 cm³/mol. The molecule has 0 fully saturated rings. The second-order valence-corrected chi connectivity index (χ2v) is 11.8. The summed E-state index contributed by atoms with van der Waals surface area (Å²) in [6, 6.07) is 7.25. The smallest absolute Gasteiger partial charge is 0.0821 e. The Kier molecular flexibility index (Phi) is 10.7. The maximum Gasteiger partial charge on any atom is 0.0821 e. The Morgan fingerprint density at radius 3 is 0.949 bits per heavy atom. The normalized spacial score (nSPS) is 11.8. The van der Waals surface area contributed by atoms with Crippen LogP contribution in [0.5, 0.6) is 0 Å². The first-order valence-electron chi connectivity index (χ1n) is 16.0. The average molecular weight is 526 g/mol. The molecule has 210 valence electrons. The number of pyridine rings is 3. The minimum Gasteiger partial charge on any atom is -0.252 e. The van der Waals surface area contributed by atoms with Gasteiger partial charge in [-0.1, -0.05) is 78.6 Å². The van der Waals surface area contributed by atoms with Crippen molar-refractivity contribution in [1.29, 1.82) is 0 Å². The molecule has 1 aromatic carbocycles. The van der Waals surface area contributed by atoms with Crippen LogP contribution in [0.3, 0.4) is 0 Å². The van der Waals surface area contributed by atoms with Crippen molar-refractivity contribution in [1.82, 2.24) is 15.0 Å². The Morgan fingerprint density at radius 2 is 0.692 bits per heavy atom. The third kappa shape index (κ3) is 6.97. The molecule has 3 nitrogen and oxygen atoms in total. The summed E-state index contributed by atoms with van der Waals surface area (Å²) < 4.78 is 0. The van der Waals surface area contributed by atoms with Gasteiger partial charge in [0.15, 0.2) is 0 Å². The van der Waals surface area contributed by atoms with Gasteiger partial charge < -0.3 is 0 Å². The van der Waals surface area contributed by atoms with Crippen LogP contribution in [-0.4, -0.2) is 15.0 Å². The van der Waals surface area contributed by atoms with Crippen molar-refractivity contribution in [2.24, 2.45) is 0 Å². The number of nitrogens with zero attached hydrogens (tertiary/aromatic N) is 3. The average Bonchev–Trinajstić information content (AvgIpc) is 2.93. The summed E-state index contributed by atoms with van der Waals surface area (Å²) in [4.78, 5) is 15.8. The molecule has 0 spiro atoms. The first-order chi connectivity index (χ1) is 19.0. The van der Waals surface area contributed by atoms with E-state index in [9.17, 15) is 0 Å². The number of unbranched alkanes of at least 4 members (excludes halogenated alkanes) is 9. The third-order valence-corrected chi connectivity index (χ3v) is 8.62. The van der Waals surface area contributed by atoms with Crippen LogP contribution in [0, 0.1) is 20.8 Å². The molecule has 0 saturated heterocycles. The number of hydrogen-bond donors (Lipinski definition) is 0. The molecule has 0 unspecified atom stereocenters. The standard InChI is InChI=1S/C36H51N3/c1-7-10-13-16-19-28-22-31-34(37-25(28)4)32-23-29(20-17-14-11-8-2)27(6)39-36(32)33-24-30(21-18-15-12-9-3)26(5)38-35(31)33/h22-24H,7-21H2,1-6H3. The molecule has 0 radical (unpaired) electrons. The van der Waals surface area contributed by atoms with Gasteiger partial charge in [-0.05, 0) is 94.2 Å². The Bertz CT molecular complexity index is 1200. The minimum atomic E-state index is 1.08. The highest BCUT2D eigenvalue weighted by Gasteiger charge is 2.18. The highest BCUT2D eigenvalue weighted by atomic mass is 14.8. The molecule has 3 heterocycles. The zero-order valence-corrected chi connectivity index (χ0v) is 25.7. The van der Waals surface area contributed by atoms with Gasteiger partial charge in [-0.25, -0.2) is 0 Å².